The number of carbonyl (C=O) groups is 1. The third kappa shape index (κ3) is 2.66. The van der Waals surface area contributed by atoms with E-state index in [1.807, 2.05) is 0 Å². The first-order valence-corrected chi connectivity index (χ1v) is 9.34. The lowest BCUT2D eigenvalue weighted by Crippen LogP contribution is -2.49. The summed E-state index contributed by atoms with van der Waals surface area (Å²) in [5.41, 5.74) is 2.52. The van der Waals surface area contributed by atoms with Crippen molar-refractivity contribution in [3.8, 4) is 0 Å². The minimum absolute atomic E-state index is 0.179. The van der Waals surface area contributed by atoms with E-state index in [0.29, 0.717) is 11.3 Å². The summed E-state index contributed by atoms with van der Waals surface area (Å²) in [6.07, 6.45) is 18.5. The van der Waals surface area contributed by atoms with E-state index in [9.17, 15) is 4.79 Å². The Labute approximate surface area is 141 Å². The van der Waals surface area contributed by atoms with Gasteiger partial charge in [0.05, 0.1) is 0 Å². The Hall–Kier alpha value is -1.11. The molecule has 0 heterocycles. The van der Waals surface area contributed by atoms with Crippen molar-refractivity contribution in [2.75, 3.05) is 0 Å². The molecule has 3 aliphatic rings. The van der Waals surface area contributed by atoms with E-state index in [1.54, 1.807) is 11.6 Å². The van der Waals surface area contributed by atoms with Crippen LogP contribution in [0.3, 0.4) is 0 Å². The molecule has 2 fully saturated rings. The zero-order chi connectivity index (χ0) is 16.7. The summed E-state index contributed by atoms with van der Waals surface area (Å²) in [6.45, 7) is 11.3. The third-order valence-electron chi connectivity index (χ3n) is 7.43. The second-order valence-electron chi connectivity index (χ2n) is 9.02. The predicted molar refractivity (Wildman–Crippen MR) is 97.1 cm³/mol. The van der Waals surface area contributed by atoms with Crippen LogP contribution in [0.25, 0.3) is 0 Å². The number of rotatable bonds is 3. The Kier molecular flexibility index (Phi) is 4.19. The zero-order valence-corrected chi connectivity index (χ0v) is 15.1. The second kappa shape index (κ2) is 5.76. The molecule has 0 spiro atoms. The van der Waals surface area contributed by atoms with Gasteiger partial charge < -0.3 is 0 Å². The second-order valence-corrected chi connectivity index (χ2v) is 9.02. The molecule has 0 amide bonds. The summed E-state index contributed by atoms with van der Waals surface area (Å²) in [5.74, 6) is 1.42. The Bertz CT molecular complexity index is 556. The Balaban J connectivity index is 1.96. The standard InChI is InChI=1S/C22H32O/c1-5-20(2)14-10-18-17(16-20)8-9-19-21(3,12-7-15-23)11-6-13-22(18,19)4/h5,7,10,12,15,17,19H,1,6,8-9,11,13-14,16H2,2-4H3/b12-7+/t17?,19?,20-,21-,22-/m0/s1. The van der Waals surface area contributed by atoms with Crippen molar-refractivity contribution in [1.82, 2.24) is 0 Å². The van der Waals surface area contributed by atoms with Crippen LogP contribution in [0.15, 0.2) is 36.5 Å². The predicted octanol–water partition coefficient (Wildman–Crippen LogP) is 5.88. The summed E-state index contributed by atoms with van der Waals surface area (Å²) in [5, 5.41) is 0. The number of allylic oxidation sites excluding steroid dienone is 5. The number of hydrogen-bond acceptors (Lipinski definition) is 1. The fourth-order valence-electron chi connectivity index (χ4n) is 6.12. The van der Waals surface area contributed by atoms with Gasteiger partial charge in [-0.3, -0.25) is 4.79 Å². The highest BCUT2D eigenvalue weighted by Crippen LogP contribution is 2.64. The Morgan fingerprint density at radius 3 is 2.70 bits per heavy atom. The van der Waals surface area contributed by atoms with E-state index >= 15 is 0 Å². The molecular weight excluding hydrogens is 280 g/mol. The van der Waals surface area contributed by atoms with Crippen LogP contribution in [0.2, 0.25) is 0 Å². The van der Waals surface area contributed by atoms with Gasteiger partial charge in [0, 0.05) is 0 Å². The average molecular weight is 312 g/mol. The van der Waals surface area contributed by atoms with Gasteiger partial charge in [-0.15, -0.1) is 6.58 Å². The summed E-state index contributed by atoms with van der Waals surface area (Å²) < 4.78 is 0. The van der Waals surface area contributed by atoms with Gasteiger partial charge in [-0.2, -0.15) is 0 Å². The van der Waals surface area contributed by atoms with Crippen LogP contribution >= 0.6 is 0 Å². The molecule has 2 saturated carbocycles. The molecule has 0 bridgehead atoms. The smallest absolute Gasteiger partial charge is 0.142 e. The van der Waals surface area contributed by atoms with E-state index in [-0.39, 0.29) is 10.8 Å². The molecule has 1 heteroatoms. The minimum Gasteiger partial charge on any atom is -0.299 e. The SMILES string of the molecule is C=C[C@@]1(C)CC=C2C(CCC3[C@@]2(C)CCC[C@@]3(C)/C=C/C=O)C1. The van der Waals surface area contributed by atoms with Gasteiger partial charge in [0.25, 0.3) is 0 Å². The van der Waals surface area contributed by atoms with Gasteiger partial charge in [-0.1, -0.05) is 51.0 Å². The van der Waals surface area contributed by atoms with Crippen molar-refractivity contribution in [1.29, 1.82) is 0 Å². The van der Waals surface area contributed by atoms with Crippen LogP contribution in [0.5, 0.6) is 0 Å². The quantitative estimate of drug-likeness (QED) is 0.361. The van der Waals surface area contributed by atoms with Gasteiger partial charge in [0.15, 0.2) is 0 Å². The molecule has 0 aromatic heterocycles. The largest absolute Gasteiger partial charge is 0.299 e. The summed E-state index contributed by atoms with van der Waals surface area (Å²) in [7, 11) is 0. The molecule has 23 heavy (non-hydrogen) atoms. The van der Waals surface area contributed by atoms with E-state index in [4.69, 9.17) is 0 Å². The normalized spacial score (nSPS) is 46.7. The average Bonchev–Trinajstić information content (AvgIpc) is 2.52. The number of aldehydes is 1. The lowest BCUT2D eigenvalue weighted by Gasteiger charge is -2.58. The van der Waals surface area contributed by atoms with Crippen LogP contribution < -0.4 is 0 Å². The van der Waals surface area contributed by atoms with Gasteiger partial charge >= 0.3 is 0 Å². The van der Waals surface area contributed by atoms with E-state index in [2.05, 4.69) is 45.6 Å². The monoisotopic (exact) mass is 312 g/mol. The van der Waals surface area contributed by atoms with Crippen molar-refractivity contribution in [3.63, 3.8) is 0 Å². The molecule has 1 nitrogen and oxygen atoms in total. The first kappa shape index (κ1) is 16.7. The van der Waals surface area contributed by atoms with Crippen molar-refractivity contribution >= 4 is 6.29 Å². The highest BCUT2D eigenvalue weighted by molar-refractivity contribution is 5.64. The lowest BCUT2D eigenvalue weighted by atomic mass is 9.46. The summed E-state index contributed by atoms with van der Waals surface area (Å²) >= 11 is 0. The summed E-state index contributed by atoms with van der Waals surface area (Å²) in [6, 6.07) is 0. The Morgan fingerprint density at radius 2 is 2.00 bits per heavy atom. The van der Waals surface area contributed by atoms with Gasteiger partial charge in [0.2, 0.25) is 0 Å². The number of fused-ring (bicyclic) bond motifs is 3. The first-order chi connectivity index (χ1) is 10.9. The maximum atomic E-state index is 10.9. The fraction of sp³-hybridized carbons (Fsp3) is 0.682. The van der Waals surface area contributed by atoms with E-state index in [1.165, 1.54) is 38.5 Å². The van der Waals surface area contributed by atoms with Gasteiger partial charge in [-0.25, -0.2) is 0 Å². The van der Waals surface area contributed by atoms with Gasteiger partial charge in [-0.05, 0) is 72.7 Å². The first-order valence-electron chi connectivity index (χ1n) is 9.34. The van der Waals surface area contributed by atoms with Crippen LogP contribution in [-0.4, -0.2) is 6.29 Å². The molecule has 0 saturated heterocycles. The number of carbonyl (C=O) groups excluding carboxylic acids is 1. The van der Waals surface area contributed by atoms with Crippen LogP contribution in [0, 0.1) is 28.1 Å². The molecule has 3 aliphatic carbocycles. The molecule has 0 aromatic rings. The molecule has 0 radical (unpaired) electrons. The van der Waals surface area contributed by atoms with E-state index in [0.717, 1.165) is 18.6 Å². The lowest BCUT2D eigenvalue weighted by molar-refractivity contribution is -0.104. The molecule has 3 rings (SSSR count). The molecule has 0 N–H and O–H groups in total. The van der Waals surface area contributed by atoms with Crippen molar-refractivity contribution < 1.29 is 4.79 Å². The molecule has 5 atom stereocenters. The molecule has 126 valence electrons. The Morgan fingerprint density at radius 1 is 1.22 bits per heavy atom. The van der Waals surface area contributed by atoms with E-state index < -0.39 is 0 Å². The highest BCUT2D eigenvalue weighted by Gasteiger charge is 2.54. The topological polar surface area (TPSA) is 17.1 Å². The summed E-state index contributed by atoms with van der Waals surface area (Å²) in [4.78, 5) is 10.9. The van der Waals surface area contributed by atoms with Crippen molar-refractivity contribution in [2.45, 2.75) is 65.7 Å². The molecule has 0 aromatic carbocycles. The fourth-order valence-corrected chi connectivity index (χ4v) is 6.12. The zero-order valence-electron chi connectivity index (χ0n) is 15.1. The maximum Gasteiger partial charge on any atom is 0.142 e. The van der Waals surface area contributed by atoms with Crippen molar-refractivity contribution in [3.05, 3.63) is 36.5 Å². The highest BCUT2D eigenvalue weighted by atomic mass is 16.1. The van der Waals surface area contributed by atoms with Gasteiger partial charge in [0.1, 0.15) is 6.29 Å². The molecule has 2 unspecified atom stereocenters. The van der Waals surface area contributed by atoms with Crippen LogP contribution in [0.1, 0.15) is 65.7 Å². The number of hydrogen-bond donors (Lipinski definition) is 0. The maximum absolute atomic E-state index is 10.9. The van der Waals surface area contributed by atoms with Crippen LogP contribution in [0.4, 0.5) is 0 Å². The van der Waals surface area contributed by atoms with Crippen LogP contribution in [-0.2, 0) is 4.79 Å². The van der Waals surface area contributed by atoms with Crippen molar-refractivity contribution in [2.24, 2.45) is 28.1 Å². The minimum atomic E-state index is 0.179. The molecular formula is C22H32O. The molecule has 0 aliphatic heterocycles. The third-order valence-corrected chi connectivity index (χ3v) is 7.43.